The highest BCUT2D eigenvalue weighted by Crippen LogP contribution is 2.23. The maximum Gasteiger partial charge on any atom is 0.289 e. The van der Waals surface area contributed by atoms with E-state index >= 15 is 0 Å². The molecule has 0 fully saturated rings. The Balaban J connectivity index is 1.37. The van der Waals surface area contributed by atoms with Crippen molar-refractivity contribution in [3.8, 4) is 17.0 Å². The van der Waals surface area contributed by atoms with Gasteiger partial charge in [0, 0.05) is 21.8 Å². The molecule has 0 unspecified atom stereocenters. The van der Waals surface area contributed by atoms with Crippen molar-refractivity contribution in [2.45, 2.75) is 13.5 Å². The van der Waals surface area contributed by atoms with Crippen LogP contribution < -0.4 is 15.9 Å². The minimum Gasteiger partial charge on any atom is -0.489 e. The first-order valence-electron chi connectivity index (χ1n) is 10.2. The second-order valence-corrected chi connectivity index (χ2v) is 7.74. The molecular formula is C25H22ClN5O2. The standard InChI is InChI=1S/C25H22ClN5O2/c1-16(17-6-10-20(27)11-7-17)28-31-25(32)24-14-23(29-30-24)18-8-12-21(13-9-18)33-15-19-4-2-3-5-22(19)26/h2-14H,15,27H2,1H3,(H,29,30)(H,31,32)/b28-16+. The van der Waals surface area contributed by atoms with E-state index in [1.165, 1.54) is 0 Å². The number of aromatic nitrogens is 2. The number of nitrogens with two attached hydrogens (primary N) is 1. The number of hydrogen-bond acceptors (Lipinski definition) is 5. The first-order chi connectivity index (χ1) is 16.0. The zero-order valence-electron chi connectivity index (χ0n) is 17.9. The summed E-state index contributed by atoms with van der Waals surface area (Å²) >= 11 is 6.16. The van der Waals surface area contributed by atoms with Crippen LogP contribution in [0.4, 0.5) is 5.69 Å². The van der Waals surface area contributed by atoms with Gasteiger partial charge in [0.2, 0.25) is 0 Å². The molecule has 8 heteroatoms. The van der Waals surface area contributed by atoms with Crippen LogP contribution in [-0.4, -0.2) is 21.8 Å². The second-order valence-electron chi connectivity index (χ2n) is 7.33. The third-order valence-corrected chi connectivity index (χ3v) is 5.35. The van der Waals surface area contributed by atoms with Gasteiger partial charge in [0.05, 0.1) is 11.4 Å². The molecule has 33 heavy (non-hydrogen) atoms. The maximum atomic E-state index is 12.4. The van der Waals surface area contributed by atoms with E-state index in [0.29, 0.717) is 40.2 Å². The number of rotatable bonds is 7. The third-order valence-electron chi connectivity index (χ3n) is 4.98. The van der Waals surface area contributed by atoms with E-state index in [9.17, 15) is 4.79 Å². The van der Waals surface area contributed by atoms with Gasteiger partial charge in [-0.25, -0.2) is 5.43 Å². The Bertz CT molecular complexity index is 1280. The highest BCUT2D eigenvalue weighted by molar-refractivity contribution is 6.31. The predicted octanol–water partition coefficient (Wildman–Crippen LogP) is 5.05. The molecule has 7 nitrogen and oxygen atoms in total. The number of nitrogens with zero attached hydrogens (tertiary/aromatic N) is 2. The molecule has 0 spiro atoms. The van der Waals surface area contributed by atoms with Crippen LogP contribution in [0.3, 0.4) is 0 Å². The Kier molecular flexibility index (Phi) is 6.71. The maximum absolute atomic E-state index is 12.4. The van der Waals surface area contributed by atoms with Crippen LogP contribution in [0.1, 0.15) is 28.5 Å². The zero-order valence-corrected chi connectivity index (χ0v) is 18.6. The van der Waals surface area contributed by atoms with Crippen molar-refractivity contribution >= 4 is 28.9 Å². The van der Waals surface area contributed by atoms with Gasteiger partial charge in [-0.3, -0.25) is 9.89 Å². The predicted molar refractivity (Wildman–Crippen MR) is 130 cm³/mol. The minimum atomic E-state index is -0.386. The van der Waals surface area contributed by atoms with Crippen LogP contribution in [-0.2, 0) is 6.61 Å². The summed E-state index contributed by atoms with van der Waals surface area (Å²) in [6, 6.07) is 23.9. The summed E-state index contributed by atoms with van der Waals surface area (Å²) in [4.78, 5) is 12.4. The molecule has 1 aromatic heterocycles. The molecule has 0 radical (unpaired) electrons. The van der Waals surface area contributed by atoms with Gasteiger partial charge >= 0.3 is 0 Å². The van der Waals surface area contributed by atoms with E-state index in [2.05, 4.69) is 20.7 Å². The fourth-order valence-corrected chi connectivity index (χ4v) is 3.26. The van der Waals surface area contributed by atoms with Crippen molar-refractivity contribution in [3.05, 3.63) is 101 Å². The number of halogens is 1. The summed E-state index contributed by atoms with van der Waals surface area (Å²) in [6.45, 7) is 2.18. The number of aromatic amines is 1. The van der Waals surface area contributed by atoms with Crippen molar-refractivity contribution < 1.29 is 9.53 Å². The zero-order chi connectivity index (χ0) is 23.2. The molecule has 4 aromatic rings. The molecular weight excluding hydrogens is 438 g/mol. The van der Waals surface area contributed by atoms with Gasteiger partial charge in [0.1, 0.15) is 18.1 Å². The number of ether oxygens (including phenoxy) is 1. The lowest BCUT2D eigenvalue weighted by Gasteiger charge is -2.08. The Morgan fingerprint density at radius 3 is 2.55 bits per heavy atom. The molecule has 166 valence electrons. The Morgan fingerprint density at radius 1 is 1.09 bits per heavy atom. The summed E-state index contributed by atoms with van der Waals surface area (Å²) < 4.78 is 5.81. The van der Waals surface area contributed by atoms with E-state index in [1.54, 1.807) is 25.1 Å². The normalized spacial score (nSPS) is 11.3. The lowest BCUT2D eigenvalue weighted by Crippen LogP contribution is -2.19. The van der Waals surface area contributed by atoms with Gasteiger partial charge in [-0.2, -0.15) is 10.2 Å². The molecule has 0 aliphatic rings. The van der Waals surface area contributed by atoms with Crippen LogP contribution in [0.25, 0.3) is 11.3 Å². The molecule has 4 N–H and O–H groups in total. The van der Waals surface area contributed by atoms with E-state index < -0.39 is 0 Å². The molecule has 4 rings (SSSR count). The Hall–Kier alpha value is -4.10. The molecule has 0 aliphatic heterocycles. The molecule has 3 aromatic carbocycles. The van der Waals surface area contributed by atoms with Crippen LogP contribution in [0.15, 0.2) is 84.0 Å². The molecule has 0 aliphatic carbocycles. The third kappa shape index (κ3) is 5.58. The summed E-state index contributed by atoms with van der Waals surface area (Å²) in [5.74, 6) is 0.322. The van der Waals surface area contributed by atoms with E-state index in [4.69, 9.17) is 22.1 Å². The fraction of sp³-hybridized carbons (Fsp3) is 0.0800. The largest absolute Gasteiger partial charge is 0.489 e. The lowest BCUT2D eigenvalue weighted by atomic mass is 10.1. The van der Waals surface area contributed by atoms with Crippen molar-refractivity contribution in [2.24, 2.45) is 5.10 Å². The number of nitrogen functional groups attached to an aromatic ring is 1. The topological polar surface area (TPSA) is 105 Å². The minimum absolute atomic E-state index is 0.304. The number of carbonyl (C=O) groups is 1. The van der Waals surface area contributed by atoms with Gasteiger partial charge in [-0.05, 0) is 61.0 Å². The van der Waals surface area contributed by atoms with E-state index in [1.807, 2.05) is 60.7 Å². The average molecular weight is 460 g/mol. The summed E-state index contributed by atoms with van der Waals surface area (Å²) in [5.41, 5.74) is 13.1. The number of H-pyrrole nitrogens is 1. The summed E-state index contributed by atoms with van der Waals surface area (Å²) in [7, 11) is 0. The SMILES string of the molecule is C/C(=N\NC(=O)c1cc(-c2ccc(OCc3ccccc3Cl)cc2)n[nH]1)c1ccc(N)cc1. The van der Waals surface area contributed by atoms with Crippen molar-refractivity contribution in [3.63, 3.8) is 0 Å². The van der Waals surface area contributed by atoms with Crippen LogP contribution in [0, 0.1) is 0 Å². The van der Waals surface area contributed by atoms with Crippen LogP contribution in [0.2, 0.25) is 5.02 Å². The van der Waals surface area contributed by atoms with Crippen LogP contribution >= 0.6 is 11.6 Å². The Labute approximate surface area is 196 Å². The highest BCUT2D eigenvalue weighted by atomic mass is 35.5. The molecule has 1 amide bonds. The number of amides is 1. The number of benzene rings is 3. The Morgan fingerprint density at radius 2 is 1.82 bits per heavy atom. The molecule has 0 saturated heterocycles. The molecule has 1 heterocycles. The van der Waals surface area contributed by atoms with Gasteiger partial charge in [-0.15, -0.1) is 0 Å². The van der Waals surface area contributed by atoms with E-state index in [-0.39, 0.29) is 5.91 Å². The molecule has 0 atom stereocenters. The fourth-order valence-electron chi connectivity index (χ4n) is 3.07. The van der Waals surface area contributed by atoms with Crippen LogP contribution in [0.5, 0.6) is 5.75 Å². The number of carbonyl (C=O) groups excluding carboxylic acids is 1. The van der Waals surface area contributed by atoms with Crippen molar-refractivity contribution in [1.82, 2.24) is 15.6 Å². The van der Waals surface area contributed by atoms with Gasteiger partial charge < -0.3 is 10.5 Å². The van der Waals surface area contributed by atoms with Gasteiger partial charge in [-0.1, -0.05) is 41.9 Å². The smallest absolute Gasteiger partial charge is 0.289 e. The summed E-state index contributed by atoms with van der Waals surface area (Å²) in [5, 5.41) is 11.8. The number of nitrogens with one attached hydrogen (secondary N) is 2. The number of anilines is 1. The number of hydrazone groups is 1. The number of hydrogen-bond donors (Lipinski definition) is 3. The summed E-state index contributed by atoms with van der Waals surface area (Å²) in [6.07, 6.45) is 0. The monoisotopic (exact) mass is 459 g/mol. The highest BCUT2D eigenvalue weighted by Gasteiger charge is 2.11. The average Bonchev–Trinajstić information content (AvgIpc) is 3.33. The lowest BCUT2D eigenvalue weighted by molar-refractivity contribution is 0.0950. The second kappa shape index (κ2) is 10.0. The quantitative estimate of drug-likeness (QED) is 0.204. The molecule has 0 bridgehead atoms. The van der Waals surface area contributed by atoms with Gasteiger partial charge in [0.25, 0.3) is 5.91 Å². The van der Waals surface area contributed by atoms with Gasteiger partial charge in [0.15, 0.2) is 0 Å². The van der Waals surface area contributed by atoms with Crippen molar-refractivity contribution in [2.75, 3.05) is 5.73 Å². The van der Waals surface area contributed by atoms with E-state index in [0.717, 1.165) is 16.7 Å². The van der Waals surface area contributed by atoms with Crippen molar-refractivity contribution in [1.29, 1.82) is 0 Å². The first-order valence-corrected chi connectivity index (χ1v) is 10.6. The first kappa shape index (κ1) is 22.1. The molecule has 0 saturated carbocycles.